The Hall–Kier alpha value is -2.28. The molecule has 0 heterocycles. The molecule has 0 atom stereocenters. The van der Waals surface area contributed by atoms with Gasteiger partial charge in [-0.25, -0.2) is 0 Å². The van der Waals surface area contributed by atoms with Crippen LogP contribution in [-0.4, -0.2) is 0 Å². The molecule has 0 bridgehead atoms. The van der Waals surface area contributed by atoms with Gasteiger partial charge in [-0.15, -0.1) is 0 Å². The van der Waals surface area contributed by atoms with E-state index >= 15 is 0 Å². The Kier molecular flexibility index (Phi) is 7.03. The second-order valence-corrected chi connectivity index (χ2v) is 4.81. The summed E-state index contributed by atoms with van der Waals surface area (Å²) in [6.07, 6.45) is 14.1. The molecule has 1 rings (SSSR count). The molecule has 0 amide bonds. The Balaban J connectivity index is 3.31. The molecule has 0 saturated carbocycles. The first-order valence-electron chi connectivity index (χ1n) is 7.25. The quantitative estimate of drug-likeness (QED) is 0.583. The van der Waals surface area contributed by atoms with Gasteiger partial charge in [-0.1, -0.05) is 54.7 Å². The Morgan fingerprint density at radius 3 is 2.29 bits per heavy atom. The molecule has 1 aromatic rings. The molecular weight excluding hydrogens is 254 g/mol. The van der Waals surface area contributed by atoms with Gasteiger partial charge >= 0.3 is 0 Å². The Morgan fingerprint density at radius 1 is 1.10 bits per heavy atom. The second kappa shape index (κ2) is 8.80. The number of aryl methyl sites for hydroxylation is 1. The maximum Gasteiger partial charge on any atom is 0.0458 e. The molecule has 110 valence electrons. The molecule has 21 heavy (non-hydrogen) atoms. The Bertz CT molecular complexity index is 568. The van der Waals surface area contributed by atoms with Crippen LogP contribution in [0.2, 0.25) is 0 Å². The largest absolute Gasteiger partial charge is 0.315 e. The zero-order chi connectivity index (χ0) is 15.7. The number of benzene rings is 1. The van der Waals surface area contributed by atoms with Gasteiger partial charge in [-0.3, -0.25) is 0 Å². The first-order valence-corrected chi connectivity index (χ1v) is 7.25. The van der Waals surface area contributed by atoms with E-state index in [0.29, 0.717) is 0 Å². The van der Waals surface area contributed by atoms with E-state index in [0.717, 1.165) is 11.4 Å². The number of nitrogens with zero attached hydrogens (tertiary/aromatic N) is 1. The van der Waals surface area contributed by atoms with Gasteiger partial charge in [-0.2, -0.15) is 0 Å². The van der Waals surface area contributed by atoms with E-state index in [4.69, 9.17) is 0 Å². The van der Waals surface area contributed by atoms with E-state index in [1.165, 1.54) is 11.3 Å². The van der Waals surface area contributed by atoms with E-state index in [-0.39, 0.29) is 0 Å². The monoisotopic (exact) mass is 279 g/mol. The average molecular weight is 279 g/mol. The van der Waals surface area contributed by atoms with Crippen molar-refractivity contribution in [2.45, 2.75) is 27.7 Å². The third-order valence-corrected chi connectivity index (χ3v) is 3.13. The van der Waals surface area contributed by atoms with Gasteiger partial charge in [0.05, 0.1) is 0 Å². The van der Waals surface area contributed by atoms with Gasteiger partial charge in [0.25, 0.3) is 0 Å². The lowest BCUT2D eigenvalue weighted by atomic mass is 10.1. The van der Waals surface area contributed by atoms with Crippen LogP contribution in [0, 0.1) is 6.92 Å². The van der Waals surface area contributed by atoms with Crippen molar-refractivity contribution in [1.29, 1.82) is 0 Å². The van der Waals surface area contributed by atoms with Crippen molar-refractivity contribution < 1.29 is 0 Å². The van der Waals surface area contributed by atoms with Crippen molar-refractivity contribution in [2.75, 3.05) is 4.90 Å². The van der Waals surface area contributed by atoms with Crippen molar-refractivity contribution in [3.8, 4) is 0 Å². The summed E-state index contributed by atoms with van der Waals surface area (Å²) in [5.74, 6) is 0. The van der Waals surface area contributed by atoms with Crippen LogP contribution in [0.25, 0.3) is 0 Å². The molecule has 0 N–H and O–H groups in total. The number of hydrogen-bond donors (Lipinski definition) is 0. The lowest BCUT2D eigenvalue weighted by molar-refractivity contribution is 1.09. The summed E-state index contributed by atoms with van der Waals surface area (Å²) in [5, 5.41) is 0. The van der Waals surface area contributed by atoms with Crippen molar-refractivity contribution in [3.05, 3.63) is 90.3 Å². The van der Waals surface area contributed by atoms with Crippen molar-refractivity contribution >= 4 is 5.69 Å². The van der Waals surface area contributed by atoms with E-state index in [1.807, 2.05) is 26.0 Å². The third kappa shape index (κ3) is 4.96. The van der Waals surface area contributed by atoms with Crippen LogP contribution in [0.1, 0.15) is 26.3 Å². The molecule has 0 fully saturated rings. The molecule has 0 spiro atoms. The summed E-state index contributed by atoms with van der Waals surface area (Å²) < 4.78 is 0. The van der Waals surface area contributed by atoms with E-state index in [2.05, 4.69) is 73.9 Å². The Labute approximate surface area is 129 Å². The maximum atomic E-state index is 3.75. The highest BCUT2D eigenvalue weighted by atomic mass is 15.1. The zero-order valence-electron chi connectivity index (χ0n) is 13.5. The minimum Gasteiger partial charge on any atom is -0.315 e. The van der Waals surface area contributed by atoms with Crippen molar-refractivity contribution in [3.63, 3.8) is 0 Å². The molecule has 0 radical (unpaired) electrons. The van der Waals surface area contributed by atoms with E-state index < -0.39 is 0 Å². The van der Waals surface area contributed by atoms with Crippen LogP contribution < -0.4 is 4.90 Å². The average Bonchev–Trinajstić information content (AvgIpc) is 2.50. The summed E-state index contributed by atoms with van der Waals surface area (Å²) >= 11 is 0. The maximum absolute atomic E-state index is 3.75. The van der Waals surface area contributed by atoms with Gasteiger partial charge in [0, 0.05) is 17.1 Å². The lowest BCUT2D eigenvalue weighted by Crippen LogP contribution is -2.19. The van der Waals surface area contributed by atoms with Gasteiger partial charge in [-0.05, 0) is 52.0 Å². The summed E-state index contributed by atoms with van der Waals surface area (Å²) in [6, 6.07) is 8.56. The van der Waals surface area contributed by atoms with Gasteiger partial charge in [0.2, 0.25) is 0 Å². The van der Waals surface area contributed by atoms with E-state index in [9.17, 15) is 0 Å². The first kappa shape index (κ1) is 16.8. The summed E-state index contributed by atoms with van der Waals surface area (Å²) in [4.78, 5) is 2.24. The van der Waals surface area contributed by atoms with Crippen molar-refractivity contribution in [2.24, 2.45) is 0 Å². The zero-order valence-corrected chi connectivity index (χ0v) is 13.5. The fourth-order valence-corrected chi connectivity index (χ4v) is 2.03. The molecular formula is C20H25N. The minimum atomic E-state index is 1.12. The SMILES string of the molecule is C=C/C=C\C(=C/C)N(/C(C)=C/C=C\C)c1ccc(C)cc1. The molecule has 0 saturated heterocycles. The normalized spacial score (nSPS) is 13.1. The van der Waals surface area contributed by atoms with E-state index in [1.54, 1.807) is 6.08 Å². The Morgan fingerprint density at radius 2 is 1.76 bits per heavy atom. The van der Waals surface area contributed by atoms with Gasteiger partial charge in [0.15, 0.2) is 0 Å². The molecule has 0 unspecified atom stereocenters. The predicted octanol–water partition coefficient (Wildman–Crippen LogP) is 5.93. The highest BCUT2D eigenvalue weighted by molar-refractivity contribution is 5.61. The number of rotatable bonds is 6. The van der Waals surface area contributed by atoms with Gasteiger partial charge < -0.3 is 4.90 Å². The standard InChI is InChI=1S/C20H25N/c1-6-9-11-18(5)21(19(8-3)12-10-7-2)20-15-13-17(4)14-16-20/h6-16H,2H2,1,3-5H3/b9-6-,12-10-,18-11+,19-8+. The predicted molar refractivity (Wildman–Crippen MR) is 95.3 cm³/mol. The molecule has 0 aliphatic carbocycles. The second-order valence-electron chi connectivity index (χ2n) is 4.81. The van der Waals surface area contributed by atoms with Crippen LogP contribution in [0.5, 0.6) is 0 Å². The molecule has 0 aromatic heterocycles. The van der Waals surface area contributed by atoms with Crippen LogP contribution >= 0.6 is 0 Å². The molecule has 1 nitrogen and oxygen atoms in total. The number of hydrogen-bond acceptors (Lipinski definition) is 1. The highest BCUT2D eigenvalue weighted by Crippen LogP contribution is 2.25. The highest BCUT2D eigenvalue weighted by Gasteiger charge is 2.10. The van der Waals surface area contributed by atoms with Gasteiger partial charge in [0.1, 0.15) is 0 Å². The molecule has 0 aliphatic rings. The molecule has 1 aromatic carbocycles. The fraction of sp³-hybridized carbons (Fsp3) is 0.200. The lowest BCUT2D eigenvalue weighted by Gasteiger charge is -2.27. The molecule has 1 heteroatoms. The number of anilines is 1. The van der Waals surface area contributed by atoms with Crippen LogP contribution in [-0.2, 0) is 0 Å². The van der Waals surface area contributed by atoms with Crippen LogP contribution in [0.3, 0.4) is 0 Å². The number of allylic oxidation sites excluding steroid dienone is 8. The topological polar surface area (TPSA) is 3.24 Å². The third-order valence-electron chi connectivity index (χ3n) is 3.13. The minimum absolute atomic E-state index is 1.12. The van der Waals surface area contributed by atoms with Crippen LogP contribution in [0.4, 0.5) is 5.69 Å². The first-order chi connectivity index (χ1) is 10.1. The smallest absolute Gasteiger partial charge is 0.0458 e. The summed E-state index contributed by atoms with van der Waals surface area (Å²) in [6.45, 7) is 12.0. The van der Waals surface area contributed by atoms with Crippen molar-refractivity contribution in [1.82, 2.24) is 0 Å². The summed E-state index contributed by atoms with van der Waals surface area (Å²) in [7, 11) is 0. The fourth-order valence-electron chi connectivity index (χ4n) is 2.03. The molecule has 0 aliphatic heterocycles. The summed E-state index contributed by atoms with van der Waals surface area (Å²) in [5.41, 5.74) is 4.70. The van der Waals surface area contributed by atoms with Crippen LogP contribution in [0.15, 0.2) is 84.8 Å².